The molecule has 1 atom stereocenters. The topological polar surface area (TPSA) is 55.5 Å². The third-order valence-electron chi connectivity index (χ3n) is 3.90. The van der Waals surface area contributed by atoms with Crippen molar-refractivity contribution in [3.05, 3.63) is 48.0 Å². The normalized spacial score (nSPS) is 19.4. The summed E-state index contributed by atoms with van der Waals surface area (Å²) in [6.45, 7) is 1.35. The second-order valence-electron chi connectivity index (χ2n) is 4.96. The third-order valence-corrected chi connectivity index (χ3v) is 3.90. The lowest BCUT2D eigenvalue weighted by molar-refractivity contribution is -0.116. The van der Waals surface area contributed by atoms with Gasteiger partial charge in [-0.05, 0) is 16.3 Å². The highest BCUT2D eigenvalue weighted by atomic mass is 16.5. The molecular weight excluding hydrogens is 226 g/mol. The number of hydrogen-bond donors (Lipinski definition) is 2. The van der Waals surface area contributed by atoms with Crippen LogP contribution in [0.4, 0.5) is 0 Å². The fourth-order valence-electron chi connectivity index (χ4n) is 2.60. The Balaban J connectivity index is 2.07. The Morgan fingerprint density at radius 3 is 2.50 bits per heavy atom. The molecule has 1 aliphatic heterocycles. The Labute approximate surface area is 106 Å². The number of aliphatic hydroxyl groups is 1. The minimum Gasteiger partial charge on any atom is -0.391 e. The largest absolute Gasteiger partial charge is 0.391 e. The van der Waals surface area contributed by atoms with Crippen LogP contribution in [0.5, 0.6) is 0 Å². The Hall–Kier alpha value is -1.42. The van der Waals surface area contributed by atoms with E-state index < -0.39 is 6.10 Å². The van der Waals surface area contributed by atoms with Gasteiger partial charge in [-0.2, -0.15) is 0 Å². The molecule has 2 aromatic carbocycles. The van der Waals surface area contributed by atoms with Crippen molar-refractivity contribution in [1.29, 1.82) is 0 Å². The van der Waals surface area contributed by atoms with Crippen LogP contribution in [0.3, 0.4) is 0 Å². The second-order valence-corrected chi connectivity index (χ2v) is 4.96. The lowest BCUT2D eigenvalue weighted by Gasteiger charge is -2.45. The predicted octanol–water partition coefficient (Wildman–Crippen LogP) is 1.43. The summed E-state index contributed by atoms with van der Waals surface area (Å²) < 4.78 is 5.31. The maximum absolute atomic E-state index is 10.1. The van der Waals surface area contributed by atoms with E-state index in [4.69, 9.17) is 10.5 Å². The molecule has 2 aromatic rings. The van der Waals surface area contributed by atoms with Crippen molar-refractivity contribution in [2.24, 2.45) is 5.73 Å². The van der Waals surface area contributed by atoms with Crippen molar-refractivity contribution < 1.29 is 9.84 Å². The maximum atomic E-state index is 10.1. The lowest BCUT2D eigenvalue weighted by Crippen LogP contribution is -2.57. The first kappa shape index (κ1) is 11.7. The van der Waals surface area contributed by atoms with Gasteiger partial charge in [0.1, 0.15) is 0 Å². The summed E-state index contributed by atoms with van der Waals surface area (Å²) in [4.78, 5) is 0. The van der Waals surface area contributed by atoms with Crippen molar-refractivity contribution >= 4 is 10.8 Å². The molecule has 3 N–H and O–H groups in total. The highest BCUT2D eigenvalue weighted by molar-refractivity contribution is 5.83. The van der Waals surface area contributed by atoms with Crippen LogP contribution >= 0.6 is 0 Å². The van der Waals surface area contributed by atoms with Crippen LogP contribution in [0, 0.1) is 0 Å². The zero-order chi connectivity index (χ0) is 12.6. The van der Waals surface area contributed by atoms with Gasteiger partial charge in [-0.1, -0.05) is 42.5 Å². The molecule has 1 fully saturated rings. The molecule has 3 rings (SSSR count). The quantitative estimate of drug-likeness (QED) is 0.857. The monoisotopic (exact) mass is 243 g/mol. The van der Waals surface area contributed by atoms with Crippen LogP contribution in [-0.2, 0) is 10.2 Å². The molecule has 1 saturated heterocycles. The summed E-state index contributed by atoms with van der Waals surface area (Å²) in [5, 5.41) is 12.5. The highest BCUT2D eigenvalue weighted by Crippen LogP contribution is 2.36. The highest BCUT2D eigenvalue weighted by Gasteiger charge is 2.46. The average Bonchev–Trinajstić information content (AvgIpc) is 2.37. The Morgan fingerprint density at radius 2 is 1.89 bits per heavy atom. The molecule has 0 saturated carbocycles. The number of rotatable bonds is 3. The van der Waals surface area contributed by atoms with E-state index in [1.54, 1.807) is 0 Å². The van der Waals surface area contributed by atoms with E-state index in [0.717, 1.165) is 5.56 Å². The first-order valence-corrected chi connectivity index (χ1v) is 6.21. The third kappa shape index (κ3) is 1.63. The minimum absolute atomic E-state index is 0.260. The molecule has 0 spiro atoms. The van der Waals surface area contributed by atoms with Gasteiger partial charge >= 0.3 is 0 Å². The minimum atomic E-state index is -0.549. The van der Waals surface area contributed by atoms with Crippen molar-refractivity contribution in [3.63, 3.8) is 0 Å². The number of fused-ring (bicyclic) bond motifs is 1. The Morgan fingerprint density at radius 1 is 1.17 bits per heavy atom. The van der Waals surface area contributed by atoms with E-state index in [1.807, 2.05) is 12.1 Å². The molecule has 1 aliphatic rings. The summed E-state index contributed by atoms with van der Waals surface area (Å²) in [6, 6.07) is 14.5. The van der Waals surface area contributed by atoms with Crippen LogP contribution in [0.2, 0.25) is 0 Å². The van der Waals surface area contributed by atoms with Crippen LogP contribution in [0.25, 0.3) is 10.8 Å². The van der Waals surface area contributed by atoms with Crippen molar-refractivity contribution in [2.75, 3.05) is 19.8 Å². The van der Waals surface area contributed by atoms with Gasteiger partial charge in [0.05, 0.1) is 24.7 Å². The van der Waals surface area contributed by atoms with Crippen LogP contribution in [0.15, 0.2) is 42.5 Å². The number of hydrogen-bond acceptors (Lipinski definition) is 3. The van der Waals surface area contributed by atoms with Crippen molar-refractivity contribution in [2.45, 2.75) is 11.5 Å². The van der Waals surface area contributed by atoms with Gasteiger partial charge in [0.25, 0.3) is 0 Å². The fourth-order valence-corrected chi connectivity index (χ4v) is 2.60. The molecule has 18 heavy (non-hydrogen) atoms. The van der Waals surface area contributed by atoms with E-state index in [1.165, 1.54) is 10.8 Å². The van der Waals surface area contributed by atoms with E-state index in [0.29, 0.717) is 13.2 Å². The van der Waals surface area contributed by atoms with Crippen LogP contribution in [0.1, 0.15) is 5.56 Å². The van der Waals surface area contributed by atoms with Crippen molar-refractivity contribution in [3.8, 4) is 0 Å². The van der Waals surface area contributed by atoms with Gasteiger partial charge in [0, 0.05) is 6.54 Å². The first-order chi connectivity index (χ1) is 8.76. The zero-order valence-corrected chi connectivity index (χ0v) is 10.2. The Bertz CT molecular complexity index is 563. The maximum Gasteiger partial charge on any atom is 0.0803 e. The molecule has 3 heteroatoms. The number of nitrogens with two attached hydrogens (primary N) is 1. The van der Waals surface area contributed by atoms with E-state index >= 15 is 0 Å². The van der Waals surface area contributed by atoms with Gasteiger partial charge in [0.2, 0.25) is 0 Å². The first-order valence-electron chi connectivity index (χ1n) is 6.21. The molecular formula is C15H17NO2. The summed E-state index contributed by atoms with van der Waals surface area (Å²) in [5.41, 5.74) is 6.41. The van der Waals surface area contributed by atoms with Crippen molar-refractivity contribution in [1.82, 2.24) is 0 Å². The van der Waals surface area contributed by atoms with Gasteiger partial charge in [0.15, 0.2) is 0 Å². The molecule has 0 aromatic heterocycles. The van der Waals surface area contributed by atoms with Gasteiger partial charge in [-0.3, -0.25) is 0 Å². The summed E-state index contributed by atoms with van der Waals surface area (Å²) in [5.74, 6) is 0. The van der Waals surface area contributed by atoms with E-state index in [9.17, 15) is 5.11 Å². The van der Waals surface area contributed by atoms with E-state index in [-0.39, 0.29) is 12.0 Å². The van der Waals surface area contributed by atoms with Crippen LogP contribution < -0.4 is 5.73 Å². The number of benzene rings is 2. The predicted molar refractivity (Wildman–Crippen MR) is 71.5 cm³/mol. The molecule has 94 valence electrons. The average molecular weight is 243 g/mol. The number of ether oxygens (including phenoxy) is 1. The summed E-state index contributed by atoms with van der Waals surface area (Å²) >= 11 is 0. The Kier molecular flexibility index (Phi) is 2.82. The van der Waals surface area contributed by atoms with Gasteiger partial charge in [-0.25, -0.2) is 0 Å². The van der Waals surface area contributed by atoms with Crippen LogP contribution in [-0.4, -0.2) is 31.0 Å². The smallest absolute Gasteiger partial charge is 0.0803 e. The lowest BCUT2D eigenvalue weighted by atomic mass is 9.73. The second kappa shape index (κ2) is 4.35. The molecule has 1 heterocycles. The zero-order valence-electron chi connectivity index (χ0n) is 10.2. The molecule has 3 nitrogen and oxygen atoms in total. The molecule has 0 amide bonds. The molecule has 1 unspecified atom stereocenters. The van der Waals surface area contributed by atoms with Gasteiger partial charge < -0.3 is 15.6 Å². The fraction of sp³-hybridized carbons (Fsp3) is 0.333. The number of aliphatic hydroxyl groups excluding tert-OH is 1. The summed E-state index contributed by atoms with van der Waals surface area (Å²) in [6.07, 6.45) is -0.549. The SMILES string of the molecule is NCC(O)C1(c2ccc3ccccc3c2)COC1. The standard InChI is InChI=1S/C15H17NO2/c16-8-14(17)15(9-18-10-15)13-6-5-11-3-1-2-4-12(11)7-13/h1-7,14,17H,8-10,16H2. The molecule has 0 aliphatic carbocycles. The molecule has 0 bridgehead atoms. The summed E-state index contributed by atoms with van der Waals surface area (Å²) in [7, 11) is 0. The molecule has 0 radical (unpaired) electrons. The van der Waals surface area contributed by atoms with Gasteiger partial charge in [-0.15, -0.1) is 0 Å². The van der Waals surface area contributed by atoms with E-state index in [2.05, 4.69) is 30.3 Å².